The van der Waals surface area contributed by atoms with E-state index in [1.807, 2.05) is 37.4 Å². The maximum atomic E-state index is 13.7. The van der Waals surface area contributed by atoms with Crippen molar-refractivity contribution in [2.24, 2.45) is 18.4 Å². The van der Waals surface area contributed by atoms with Gasteiger partial charge in [0, 0.05) is 52.0 Å². The van der Waals surface area contributed by atoms with Gasteiger partial charge in [-0.05, 0) is 43.6 Å². The quantitative estimate of drug-likeness (QED) is 0.493. The minimum Gasteiger partial charge on any atom is -0.381 e. The number of piperidine rings is 1. The predicted octanol–water partition coefficient (Wildman–Crippen LogP) is 2.04. The normalized spacial score (nSPS) is 26.5. The van der Waals surface area contributed by atoms with Crippen LogP contribution in [0.5, 0.6) is 0 Å². The zero-order valence-electron chi connectivity index (χ0n) is 23.2. The Balaban J connectivity index is 1.32. The molecule has 3 aliphatic rings. The van der Waals surface area contributed by atoms with Crippen LogP contribution in [0.2, 0.25) is 0 Å². The summed E-state index contributed by atoms with van der Waals surface area (Å²) < 4.78 is 7.24. The van der Waals surface area contributed by atoms with E-state index in [2.05, 4.69) is 38.1 Å². The molecular formula is C30H40N6O4. The number of aryl methyl sites for hydroxylation is 1. The molecule has 40 heavy (non-hydrogen) atoms. The van der Waals surface area contributed by atoms with Crippen LogP contribution in [0.25, 0.3) is 0 Å². The highest BCUT2D eigenvalue weighted by Crippen LogP contribution is 2.36. The van der Waals surface area contributed by atoms with Crippen LogP contribution < -0.4 is 16.0 Å². The summed E-state index contributed by atoms with van der Waals surface area (Å²) in [7, 11) is 1.81. The fourth-order valence-electron chi connectivity index (χ4n) is 6.09. The van der Waals surface area contributed by atoms with E-state index in [1.165, 1.54) is 0 Å². The molecule has 1 spiro atoms. The van der Waals surface area contributed by atoms with Crippen molar-refractivity contribution in [2.75, 3.05) is 38.2 Å². The zero-order valence-corrected chi connectivity index (χ0v) is 23.2. The van der Waals surface area contributed by atoms with Gasteiger partial charge in [-0.15, -0.1) is 0 Å². The summed E-state index contributed by atoms with van der Waals surface area (Å²) in [5.74, 6) is -0.144. The number of carbonyl (C=O) groups excluding carboxylic acids is 3. The van der Waals surface area contributed by atoms with E-state index in [-0.39, 0.29) is 36.2 Å². The number of hydrogen-bond acceptors (Lipinski definition) is 6. The zero-order chi connectivity index (χ0) is 28.0. The first-order chi connectivity index (χ1) is 19.4. The van der Waals surface area contributed by atoms with E-state index in [0.29, 0.717) is 57.7 Å². The Kier molecular flexibility index (Phi) is 8.96. The van der Waals surface area contributed by atoms with Gasteiger partial charge in [0.15, 0.2) is 0 Å². The van der Waals surface area contributed by atoms with E-state index in [9.17, 15) is 14.4 Å². The number of aromatic nitrogens is 2. The molecule has 0 unspecified atom stereocenters. The molecular weight excluding hydrogens is 508 g/mol. The summed E-state index contributed by atoms with van der Waals surface area (Å²) in [4.78, 5) is 42.3. The molecule has 3 amide bonds. The molecule has 5 rings (SSSR count). The number of nitrogens with zero attached hydrogens (tertiary/aromatic N) is 3. The van der Waals surface area contributed by atoms with Crippen molar-refractivity contribution in [1.82, 2.24) is 25.3 Å². The van der Waals surface area contributed by atoms with Crippen molar-refractivity contribution >= 4 is 23.4 Å². The van der Waals surface area contributed by atoms with E-state index >= 15 is 0 Å². The molecule has 0 saturated carbocycles. The molecule has 0 aliphatic carbocycles. The van der Waals surface area contributed by atoms with Gasteiger partial charge in [0.25, 0.3) is 0 Å². The van der Waals surface area contributed by atoms with Crippen LogP contribution in [-0.2, 0) is 32.6 Å². The van der Waals surface area contributed by atoms with Crippen molar-refractivity contribution in [3.63, 3.8) is 0 Å². The van der Waals surface area contributed by atoms with Crippen LogP contribution >= 0.6 is 0 Å². The average molecular weight is 549 g/mol. The monoisotopic (exact) mass is 548 g/mol. The van der Waals surface area contributed by atoms with Crippen LogP contribution in [0.4, 0.5) is 5.69 Å². The molecule has 3 atom stereocenters. The molecule has 10 nitrogen and oxygen atoms in total. The first kappa shape index (κ1) is 28.0. The molecule has 4 heterocycles. The van der Waals surface area contributed by atoms with Crippen LogP contribution in [0, 0.1) is 11.3 Å². The Morgan fingerprint density at radius 1 is 1.15 bits per heavy atom. The molecule has 10 heteroatoms. The largest absolute Gasteiger partial charge is 0.381 e. The number of fused-ring (bicyclic) bond motifs is 1. The van der Waals surface area contributed by atoms with Crippen LogP contribution in [0.3, 0.4) is 0 Å². The molecule has 214 valence electrons. The first-order valence-corrected chi connectivity index (χ1v) is 14.3. The maximum absolute atomic E-state index is 13.7. The number of allylic oxidation sites excluding steroid dienone is 2. The van der Waals surface area contributed by atoms with Crippen molar-refractivity contribution in [3.8, 4) is 0 Å². The molecule has 2 fully saturated rings. The Morgan fingerprint density at radius 3 is 2.70 bits per heavy atom. The highest BCUT2D eigenvalue weighted by Gasteiger charge is 2.41. The van der Waals surface area contributed by atoms with Gasteiger partial charge in [0.05, 0.1) is 23.8 Å². The lowest BCUT2D eigenvalue weighted by atomic mass is 9.75. The van der Waals surface area contributed by atoms with Crippen LogP contribution in [0.15, 0.2) is 54.9 Å². The van der Waals surface area contributed by atoms with Crippen molar-refractivity contribution in [3.05, 3.63) is 60.4 Å². The summed E-state index contributed by atoms with van der Waals surface area (Å²) in [5.41, 5.74) is 1.10. The van der Waals surface area contributed by atoms with Gasteiger partial charge in [0.1, 0.15) is 6.04 Å². The fraction of sp³-hybridized carbons (Fsp3) is 0.533. The van der Waals surface area contributed by atoms with Gasteiger partial charge in [-0.1, -0.05) is 42.5 Å². The second kappa shape index (κ2) is 12.8. The number of rotatable bonds is 5. The van der Waals surface area contributed by atoms with E-state index in [4.69, 9.17) is 4.74 Å². The predicted molar refractivity (Wildman–Crippen MR) is 151 cm³/mol. The molecule has 2 aromatic rings. The number of benzene rings is 1. The number of likely N-dealkylation sites (tertiary alicyclic amines) is 1. The van der Waals surface area contributed by atoms with E-state index in [0.717, 1.165) is 18.4 Å². The average Bonchev–Trinajstić information content (AvgIpc) is 3.36. The summed E-state index contributed by atoms with van der Waals surface area (Å²) >= 11 is 0. The lowest BCUT2D eigenvalue weighted by Crippen LogP contribution is -2.58. The molecule has 1 aromatic carbocycles. The van der Waals surface area contributed by atoms with Crippen molar-refractivity contribution in [2.45, 2.75) is 50.6 Å². The Morgan fingerprint density at radius 2 is 1.95 bits per heavy atom. The minimum absolute atomic E-state index is 0.0403. The molecule has 2 saturated heterocycles. The SMILES string of the molecule is Cn1cc(NC(=O)CN2CC[C@@H]3NC(=O)[C@H](Cc4ccccc4)NC(=O)C4(C/C=C/C[C@@H]3C2)CCOCC4)cn1. The number of hydrogen-bond donors (Lipinski definition) is 3. The molecule has 0 bridgehead atoms. The summed E-state index contributed by atoms with van der Waals surface area (Å²) in [6, 6.07) is 9.11. The maximum Gasteiger partial charge on any atom is 0.243 e. The van der Waals surface area contributed by atoms with Gasteiger partial charge in [-0.25, -0.2) is 0 Å². The van der Waals surface area contributed by atoms with E-state index in [1.54, 1.807) is 17.1 Å². The number of anilines is 1. The first-order valence-electron chi connectivity index (χ1n) is 14.3. The number of amides is 3. The number of ether oxygens (including phenoxy) is 1. The third-order valence-electron chi connectivity index (χ3n) is 8.45. The summed E-state index contributed by atoms with van der Waals surface area (Å²) in [6.45, 7) is 2.76. The lowest BCUT2D eigenvalue weighted by molar-refractivity contribution is -0.140. The molecule has 3 aliphatic heterocycles. The summed E-state index contributed by atoms with van der Waals surface area (Å²) in [5, 5.41) is 13.4. The van der Waals surface area contributed by atoms with Crippen molar-refractivity contribution < 1.29 is 19.1 Å². The lowest BCUT2D eigenvalue weighted by Gasteiger charge is -2.40. The van der Waals surface area contributed by atoms with Gasteiger partial charge in [-0.3, -0.25) is 24.0 Å². The van der Waals surface area contributed by atoms with Crippen molar-refractivity contribution in [1.29, 1.82) is 0 Å². The van der Waals surface area contributed by atoms with Gasteiger partial charge < -0.3 is 20.7 Å². The van der Waals surface area contributed by atoms with Gasteiger partial charge in [0.2, 0.25) is 17.7 Å². The molecule has 1 aromatic heterocycles. The second-order valence-electron chi connectivity index (χ2n) is 11.4. The molecule has 3 N–H and O–H groups in total. The molecule has 0 radical (unpaired) electrons. The Labute approximate surface area is 235 Å². The second-order valence-corrected chi connectivity index (χ2v) is 11.4. The van der Waals surface area contributed by atoms with Gasteiger partial charge in [-0.2, -0.15) is 5.10 Å². The Bertz CT molecular complexity index is 1210. The third-order valence-corrected chi connectivity index (χ3v) is 8.45. The standard InChI is InChI=1S/C30H40N6O4/c1-35-20-24(18-31-35)32-27(37)21-36-14-10-25-23(19-36)9-5-6-11-30(12-15-40-16-13-30)29(39)34-26(28(38)33-25)17-22-7-3-2-4-8-22/h2-8,18,20,23,25-26H,9-17,19,21H2,1H3,(H,32,37)(H,33,38)(H,34,39)/b6-5+/t23-,25+,26+/m1/s1. The highest BCUT2D eigenvalue weighted by molar-refractivity contribution is 5.92. The topological polar surface area (TPSA) is 118 Å². The van der Waals surface area contributed by atoms with Gasteiger partial charge >= 0.3 is 0 Å². The highest BCUT2D eigenvalue weighted by atomic mass is 16.5. The fourth-order valence-corrected chi connectivity index (χ4v) is 6.09. The minimum atomic E-state index is -0.665. The summed E-state index contributed by atoms with van der Waals surface area (Å²) in [6.07, 6.45) is 11.5. The van der Waals surface area contributed by atoms with Crippen LogP contribution in [0.1, 0.15) is 37.7 Å². The van der Waals surface area contributed by atoms with E-state index < -0.39 is 11.5 Å². The smallest absolute Gasteiger partial charge is 0.243 e. The van der Waals surface area contributed by atoms with Crippen LogP contribution in [-0.4, -0.2) is 77.3 Å². The number of nitrogens with one attached hydrogen (secondary N) is 3. The third kappa shape index (κ3) is 6.98. The Hall–Kier alpha value is -3.50. The number of carbonyl (C=O) groups is 3.